The lowest BCUT2D eigenvalue weighted by molar-refractivity contribution is -0.684. The minimum atomic E-state index is -0.0448. The van der Waals surface area contributed by atoms with Crippen LogP contribution in [0.15, 0.2) is 77.5 Å². The zero-order chi connectivity index (χ0) is 17.6. The smallest absolute Gasteiger partial charge is 0.290 e. The SMILES string of the molecule is Cc1ccc(NC(=O)C[n+]2ccc(Cc3ccccc3)cc2)cc1Br. The van der Waals surface area contributed by atoms with Gasteiger partial charge in [0.05, 0.1) is 0 Å². The first-order valence-electron chi connectivity index (χ1n) is 8.18. The lowest BCUT2D eigenvalue weighted by Gasteiger charge is -2.06. The molecule has 0 spiro atoms. The Bertz CT molecular complexity index is 861. The summed E-state index contributed by atoms with van der Waals surface area (Å²) in [6.07, 6.45) is 4.79. The Kier molecular flexibility index (Phi) is 5.61. The molecular formula is C21H20BrN2O+. The fourth-order valence-electron chi connectivity index (χ4n) is 2.58. The molecular weight excluding hydrogens is 376 g/mol. The van der Waals surface area contributed by atoms with Gasteiger partial charge in [0.15, 0.2) is 12.4 Å². The Labute approximate surface area is 156 Å². The number of anilines is 1. The van der Waals surface area contributed by atoms with Gasteiger partial charge < -0.3 is 5.32 Å². The summed E-state index contributed by atoms with van der Waals surface area (Å²) in [5, 5.41) is 2.92. The quantitative estimate of drug-likeness (QED) is 0.642. The molecule has 2 aromatic carbocycles. The van der Waals surface area contributed by atoms with Gasteiger partial charge in [-0.3, -0.25) is 4.79 Å². The Morgan fingerprint density at radius 1 is 1.00 bits per heavy atom. The summed E-state index contributed by atoms with van der Waals surface area (Å²) in [7, 11) is 0. The van der Waals surface area contributed by atoms with E-state index in [0.29, 0.717) is 0 Å². The van der Waals surface area contributed by atoms with Gasteiger partial charge in [-0.2, -0.15) is 4.57 Å². The molecule has 3 rings (SSSR count). The lowest BCUT2D eigenvalue weighted by Crippen LogP contribution is -2.39. The summed E-state index contributed by atoms with van der Waals surface area (Å²) >= 11 is 3.48. The molecule has 1 N–H and O–H groups in total. The second-order valence-electron chi connectivity index (χ2n) is 6.05. The Balaban J connectivity index is 1.59. The number of aryl methyl sites for hydroxylation is 1. The maximum atomic E-state index is 12.2. The number of hydrogen-bond donors (Lipinski definition) is 1. The van der Waals surface area contributed by atoms with E-state index in [1.54, 1.807) is 0 Å². The van der Waals surface area contributed by atoms with E-state index in [2.05, 4.69) is 45.5 Å². The van der Waals surface area contributed by atoms with Crippen molar-refractivity contribution in [3.8, 4) is 0 Å². The van der Waals surface area contributed by atoms with Crippen LogP contribution in [0.3, 0.4) is 0 Å². The number of nitrogens with zero attached hydrogens (tertiary/aromatic N) is 1. The molecule has 0 unspecified atom stereocenters. The highest BCUT2D eigenvalue weighted by atomic mass is 79.9. The van der Waals surface area contributed by atoms with Crippen molar-refractivity contribution in [1.29, 1.82) is 0 Å². The molecule has 3 nitrogen and oxygen atoms in total. The topological polar surface area (TPSA) is 33.0 Å². The summed E-state index contributed by atoms with van der Waals surface area (Å²) in [6, 6.07) is 20.3. The number of hydrogen-bond acceptors (Lipinski definition) is 1. The molecule has 25 heavy (non-hydrogen) atoms. The van der Waals surface area contributed by atoms with E-state index in [-0.39, 0.29) is 12.5 Å². The second-order valence-corrected chi connectivity index (χ2v) is 6.91. The van der Waals surface area contributed by atoms with Crippen molar-refractivity contribution in [2.75, 3.05) is 5.32 Å². The van der Waals surface area contributed by atoms with Crippen molar-refractivity contribution in [3.05, 3.63) is 94.2 Å². The summed E-state index contributed by atoms with van der Waals surface area (Å²) < 4.78 is 2.87. The maximum Gasteiger partial charge on any atom is 0.290 e. The van der Waals surface area contributed by atoms with Gasteiger partial charge in [0.2, 0.25) is 6.54 Å². The number of aromatic nitrogens is 1. The molecule has 3 aromatic rings. The normalized spacial score (nSPS) is 10.5. The van der Waals surface area contributed by atoms with Crippen LogP contribution in [0, 0.1) is 6.92 Å². The maximum absolute atomic E-state index is 12.2. The van der Waals surface area contributed by atoms with Crippen LogP contribution in [0.4, 0.5) is 5.69 Å². The van der Waals surface area contributed by atoms with Crippen LogP contribution in [0.5, 0.6) is 0 Å². The molecule has 1 aromatic heterocycles. The Hall–Kier alpha value is -2.46. The number of carbonyl (C=O) groups is 1. The van der Waals surface area contributed by atoms with Gasteiger partial charge in [0, 0.05) is 22.3 Å². The van der Waals surface area contributed by atoms with E-state index < -0.39 is 0 Å². The predicted octanol–water partition coefficient (Wildman–Crippen LogP) is 4.27. The number of halogens is 1. The molecule has 0 saturated heterocycles. The average Bonchev–Trinajstić information content (AvgIpc) is 2.61. The van der Waals surface area contributed by atoms with Crippen molar-refractivity contribution in [1.82, 2.24) is 0 Å². The van der Waals surface area contributed by atoms with E-state index in [1.165, 1.54) is 11.1 Å². The van der Waals surface area contributed by atoms with Crippen LogP contribution in [0.25, 0.3) is 0 Å². The molecule has 4 heteroatoms. The molecule has 0 atom stereocenters. The predicted molar refractivity (Wildman–Crippen MR) is 103 cm³/mol. The zero-order valence-corrected chi connectivity index (χ0v) is 15.7. The molecule has 0 bridgehead atoms. The summed E-state index contributed by atoms with van der Waals surface area (Å²) in [4.78, 5) is 12.2. The van der Waals surface area contributed by atoms with Gasteiger partial charge >= 0.3 is 0 Å². The third kappa shape index (κ3) is 5.00. The van der Waals surface area contributed by atoms with Crippen LogP contribution in [0.2, 0.25) is 0 Å². The average molecular weight is 396 g/mol. The van der Waals surface area contributed by atoms with E-state index >= 15 is 0 Å². The molecule has 1 heterocycles. The van der Waals surface area contributed by atoms with Gasteiger partial charge in [-0.1, -0.05) is 52.3 Å². The van der Waals surface area contributed by atoms with Crippen LogP contribution in [0.1, 0.15) is 16.7 Å². The van der Waals surface area contributed by atoms with Crippen molar-refractivity contribution in [2.24, 2.45) is 0 Å². The van der Waals surface area contributed by atoms with Gasteiger partial charge in [-0.25, -0.2) is 0 Å². The molecule has 1 amide bonds. The number of benzene rings is 2. The van der Waals surface area contributed by atoms with Crippen molar-refractivity contribution in [3.63, 3.8) is 0 Å². The monoisotopic (exact) mass is 395 g/mol. The number of carbonyl (C=O) groups excluding carboxylic acids is 1. The van der Waals surface area contributed by atoms with Gasteiger partial charge in [0.25, 0.3) is 5.91 Å². The van der Waals surface area contributed by atoms with Crippen molar-refractivity contribution in [2.45, 2.75) is 19.9 Å². The van der Waals surface area contributed by atoms with E-state index in [1.807, 2.05) is 60.3 Å². The third-order valence-corrected chi connectivity index (χ3v) is 4.85. The molecule has 126 valence electrons. The van der Waals surface area contributed by atoms with E-state index in [9.17, 15) is 4.79 Å². The number of pyridine rings is 1. The number of nitrogens with one attached hydrogen (secondary N) is 1. The Morgan fingerprint density at radius 2 is 1.68 bits per heavy atom. The largest absolute Gasteiger partial charge is 0.321 e. The highest BCUT2D eigenvalue weighted by Crippen LogP contribution is 2.20. The summed E-state index contributed by atoms with van der Waals surface area (Å²) in [6.45, 7) is 2.31. The first-order chi connectivity index (χ1) is 12.1. The van der Waals surface area contributed by atoms with Gasteiger partial charge in [0.1, 0.15) is 0 Å². The Morgan fingerprint density at radius 3 is 2.36 bits per heavy atom. The molecule has 0 fully saturated rings. The van der Waals surface area contributed by atoms with Crippen LogP contribution in [-0.2, 0) is 17.8 Å². The second kappa shape index (κ2) is 8.08. The fourth-order valence-corrected chi connectivity index (χ4v) is 2.96. The van der Waals surface area contributed by atoms with Crippen molar-refractivity contribution < 1.29 is 9.36 Å². The lowest BCUT2D eigenvalue weighted by atomic mass is 10.1. The van der Waals surface area contributed by atoms with Crippen LogP contribution >= 0.6 is 15.9 Å². The standard InChI is InChI=1S/C21H19BrN2O/c1-16-7-8-19(14-20(16)22)23-21(25)15-24-11-9-18(10-12-24)13-17-5-3-2-4-6-17/h2-12,14H,13,15H2,1H3/p+1. The van der Waals surface area contributed by atoms with E-state index in [4.69, 9.17) is 0 Å². The fraction of sp³-hybridized carbons (Fsp3) is 0.143. The summed E-state index contributed by atoms with van der Waals surface area (Å²) in [5.74, 6) is -0.0448. The van der Waals surface area contributed by atoms with Gasteiger partial charge in [-0.05, 0) is 42.2 Å². The highest BCUT2D eigenvalue weighted by molar-refractivity contribution is 9.10. The summed E-state index contributed by atoms with van der Waals surface area (Å²) in [5.41, 5.74) is 4.44. The van der Waals surface area contributed by atoms with E-state index in [0.717, 1.165) is 22.1 Å². The number of amides is 1. The molecule has 0 aliphatic rings. The first kappa shape index (κ1) is 17.4. The van der Waals surface area contributed by atoms with Gasteiger partial charge in [-0.15, -0.1) is 0 Å². The zero-order valence-electron chi connectivity index (χ0n) is 14.1. The van der Waals surface area contributed by atoms with Crippen LogP contribution in [-0.4, -0.2) is 5.91 Å². The van der Waals surface area contributed by atoms with Crippen molar-refractivity contribution >= 4 is 27.5 Å². The molecule has 0 aliphatic carbocycles. The minimum Gasteiger partial charge on any atom is -0.321 e. The third-order valence-electron chi connectivity index (χ3n) is 3.99. The highest BCUT2D eigenvalue weighted by Gasteiger charge is 2.10. The molecule has 0 aliphatic heterocycles. The first-order valence-corrected chi connectivity index (χ1v) is 8.97. The van der Waals surface area contributed by atoms with Crippen LogP contribution < -0.4 is 9.88 Å². The minimum absolute atomic E-state index is 0.0448. The number of rotatable bonds is 5. The molecule has 0 radical (unpaired) electrons. The molecule has 0 saturated carbocycles.